The summed E-state index contributed by atoms with van der Waals surface area (Å²) < 4.78 is 5.65. The molecule has 0 aromatic heterocycles. The van der Waals surface area contributed by atoms with Gasteiger partial charge in [0.15, 0.2) is 0 Å². The fraction of sp³-hybridized carbons (Fsp3) is 0.500. The molecule has 2 atom stereocenters. The van der Waals surface area contributed by atoms with E-state index < -0.39 is 0 Å². The molecule has 1 N–H and O–H groups in total. The second-order valence-corrected chi connectivity index (χ2v) is 4.42. The summed E-state index contributed by atoms with van der Waals surface area (Å²) in [5, 5.41) is 10.3. The lowest BCUT2D eigenvalue weighted by Crippen LogP contribution is -2.24. The second-order valence-electron chi connectivity index (χ2n) is 4.01. The highest BCUT2D eigenvalue weighted by molar-refractivity contribution is 6.31. The molecule has 1 heterocycles. The summed E-state index contributed by atoms with van der Waals surface area (Å²) in [5.41, 5.74) is 2.15. The molecule has 0 radical (unpaired) electrons. The van der Waals surface area contributed by atoms with Crippen molar-refractivity contribution in [2.24, 2.45) is 0 Å². The van der Waals surface area contributed by atoms with Gasteiger partial charge in [-0.05, 0) is 25.0 Å². The smallest absolute Gasteiger partial charge is 0.0866 e. The molecule has 1 aromatic carbocycles. The van der Waals surface area contributed by atoms with Crippen LogP contribution in [0.4, 0.5) is 0 Å². The number of aliphatic hydroxyl groups is 1. The lowest BCUT2D eigenvalue weighted by Gasteiger charge is -2.28. The molecule has 1 fully saturated rings. The number of aliphatic hydroxyl groups excluding tert-OH is 1. The van der Waals surface area contributed by atoms with Gasteiger partial charge >= 0.3 is 0 Å². The number of ether oxygens (including phenoxy) is 1. The Bertz CT molecular complexity index is 331. The van der Waals surface area contributed by atoms with Crippen LogP contribution in [-0.4, -0.2) is 17.8 Å². The highest BCUT2D eigenvalue weighted by atomic mass is 35.5. The molecule has 2 nitrogen and oxygen atoms in total. The molecule has 15 heavy (non-hydrogen) atoms. The number of rotatable bonds is 1. The molecule has 0 amide bonds. The molecule has 3 heteroatoms. The van der Waals surface area contributed by atoms with Gasteiger partial charge in [-0.2, -0.15) is 0 Å². The number of benzene rings is 1. The van der Waals surface area contributed by atoms with E-state index in [1.165, 1.54) is 0 Å². The zero-order chi connectivity index (χ0) is 10.8. The Labute approximate surface area is 94.8 Å². The third-order valence-corrected chi connectivity index (χ3v) is 3.18. The summed E-state index contributed by atoms with van der Waals surface area (Å²) in [4.78, 5) is 0. The number of hydrogen-bond donors (Lipinski definition) is 1. The standard InChI is InChI=1S/C12H15ClO2/c1-8-3-2-4-10(13)12(8)11-7-9(14)5-6-15-11/h2-4,9,11,14H,5-7H2,1H3. The van der Waals surface area contributed by atoms with Crippen molar-refractivity contribution >= 4 is 11.6 Å². The van der Waals surface area contributed by atoms with Crippen molar-refractivity contribution in [2.75, 3.05) is 6.61 Å². The van der Waals surface area contributed by atoms with Crippen molar-refractivity contribution in [3.05, 3.63) is 34.3 Å². The fourth-order valence-corrected chi connectivity index (χ4v) is 2.38. The minimum Gasteiger partial charge on any atom is -0.393 e. The Balaban J connectivity index is 2.28. The molecule has 82 valence electrons. The van der Waals surface area contributed by atoms with E-state index in [2.05, 4.69) is 0 Å². The van der Waals surface area contributed by atoms with Crippen molar-refractivity contribution in [2.45, 2.75) is 32.0 Å². The normalized spacial score (nSPS) is 26.6. The van der Waals surface area contributed by atoms with E-state index in [0.717, 1.165) is 22.6 Å². The van der Waals surface area contributed by atoms with Crippen LogP contribution in [0.1, 0.15) is 30.1 Å². The van der Waals surface area contributed by atoms with E-state index in [4.69, 9.17) is 16.3 Å². The predicted octanol–water partition coefficient (Wildman–Crippen LogP) is 2.86. The van der Waals surface area contributed by atoms with Crippen molar-refractivity contribution in [3.63, 3.8) is 0 Å². The van der Waals surface area contributed by atoms with Gasteiger partial charge in [0, 0.05) is 23.6 Å². The molecule has 0 bridgehead atoms. The van der Waals surface area contributed by atoms with Gasteiger partial charge in [0.1, 0.15) is 0 Å². The van der Waals surface area contributed by atoms with Gasteiger partial charge in [-0.25, -0.2) is 0 Å². The third-order valence-electron chi connectivity index (χ3n) is 2.85. The zero-order valence-corrected chi connectivity index (χ0v) is 9.50. The van der Waals surface area contributed by atoms with Gasteiger partial charge < -0.3 is 9.84 Å². The summed E-state index contributed by atoms with van der Waals surface area (Å²) >= 11 is 6.15. The van der Waals surface area contributed by atoms with E-state index in [1.54, 1.807) is 0 Å². The highest BCUT2D eigenvalue weighted by Crippen LogP contribution is 2.34. The lowest BCUT2D eigenvalue weighted by atomic mass is 9.96. The molecule has 1 saturated heterocycles. The van der Waals surface area contributed by atoms with Gasteiger partial charge in [-0.15, -0.1) is 0 Å². The number of aryl methyl sites for hydroxylation is 1. The molecule has 0 saturated carbocycles. The third kappa shape index (κ3) is 2.33. The van der Waals surface area contributed by atoms with E-state index in [1.807, 2.05) is 25.1 Å². The van der Waals surface area contributed by atoms with E-state index >= 15 is 0 Å². The first kappa shape index (κ1) is 10.9. The Kier molecular flexibility index (Phi) is 3.29. The van der Waals surface area contributed by atoms with Crippen molar-refractivity contribution < 1.29 is 9.84 Å². The van der Waals surface area contributed by atoms with Gasteiger partial charge in [-0.3, -0.25) is 0 Å². The second kappa shape index (κ2) is 4.52. The Morgan fingerprint density at radius 3 is 2.93 bits per heavy atom. The molecule has 2 rings (SSSR count). The van der Waals surface area contributed by atoms with Crippen LogP contribution < -0.4 is 0 Å². The van der Waals surface area contributed by atoms with E-state index in [0.29, 0.717) is 13.0 Å². The van der Waals surface area contributed by atoms with E-state index in [-0.39, 0.29) is 12.2 Å². The summed E-state index contributed by atoms with van der Waals surface area (Å²) in [6.45, 7) is 2.63. The largest absolute Gasteiger partial charge is 0.393 e. The first-order valence-electron chi connectivity index (χ1n) is 5.23. The van der Waals surface area contributed by atoms with Gasteiger partial charge in [-0.1, -0.05) is 23.7 Å². The highest BCUT2D eigenvalue weighted by Gasteiger charge is 2.25. The SMILES string of the molecule is Cc1cccc(Cl)c1C1CC(O)CCO1. The van der Waals surface area contributed by atoms with Crippen LogP contribution in [0.15, 0.2) is 18.2 Å². The first-order chi connectivity index (χ1) is 7.18. The van der Waals surface area contributed by atoms with Crippen LogP contribution in [0, 0.1) is 6.92 Å². The number of halogens is 1. The van der Waals surface area contributed by atoms with E-state index in [9.17, 15) is 5.11 Å². The van der Waals surface area contributed by atoms with Crippen LogP contribution in [0.25, 0.3) is 0 Å². The van der Waals surface area contributed by atoms with Gasteiger partial charge in [0.2, 0.25) is 0 Å². The molecule has 2 unspecified atom stereocenters. The molecular formula is C12H15ClO2. The average Bonchev–Trinajstić information content (AvgIpc) is 2.17. The molecule has 1 aliphatic heterocycles. The van der Waals surface area contributed by atoms with Crippen LogP contribution in [0.2, 0.25) is 5.02 Å². The van der Waals surface area contributed by atoms with Crippen molar-refractivity contribution in [1.82, 2.24) is 0 Å². The first-order valence-corrected chi connectivity index (χ1v) is 5.61. The fourth-order valence-electron chi connectivity index (χ4n) is 2.03. The Hall–Kier alpha value is -0.570. The van der Waals surface area contributed by atoms with Gasteiger partial charge in [0.25, 0.3) is 0 Å². The summed E-state index contributed by atoms with van der Waals surface area (Å²) in [7, 11) is 0. The maximum Gasteiger partial charge on any atom is 0.0866 e. The van der Waals surface area contributed by atoms with Crippen molar-refractivity contribution in [3.8, 4) is 0 Å². The molecule has 1 aromatic rings. The van der Waals surface area contributed by atoms with Crippen LogP contribution in [0.5, 0.6) is 0 Å². The van der Waals surface area contributed by atoms with Crippen LogP contribution in [0.3, 0.4) is 0 Å². The minimum atomic E-state index is -0.264. The van der Waals surface area contributed by atoms with Crippen LogP contribution >= 0.6 is 11.6 Å². The zero-order valence-electron chi connectivity index (χ0n) is 8.74. The van der Waals surface area contributed by atoms with Crippen molar-refractivity contribution in [1.29, 1.82) is 0 Å². The predicted molar refractivity (Wildman–Crippen MR) is 60.1 cm³/mol. The molecule has 0 aliphatic carbocycles. The summed E-state index contributed by atoms with van der Waals surface area (Å²) in [6, 6.07) is 5.82. The quantitative estimate of drug-likeness (QED) is 0.798. The Morgan fingerprint density at radius 2 is 2.27 bits per heavy atom. The molecular weight excluding hydrogens is 212 g/mol. The average molecular weight is 227 g/mol. The molecule has 0 spiro atoms. The summed E-state index contributed by atoms with van der Waals surface area (Å²) in [6.07, 6.45) is 1.05. The van der Waals surface area contributed by atoms with Crippen LogP contribution in [-0.2, 0) is 4.74 Å². The monoisotopic (exact) mass is 226 g/mol. The topological polar surface area (TPSA) is 29.5 Å². The van der Waals surface area contributed by atoms with Gasteiger partial charge in [0.05, 0.1) is 12.2 Å². The minimum absolute atomic E-state index is 0.0533. The maximum absolute atomic E-state index is 9.60. The Morgan fingerprint density at radius 1 is 1.47 bits per heavy atom. The maximum atomic E-state index is 9.60. The summed E-state index contributed by atoms with van der Waals surface area (Å²) in [5.74, 6) is 0. The molecule has 1 aliphatic rings. The number of hydrogen-bond acceptors (Lipinski definition) is 2. The lowest BCUT2D eigenvalue weighted by molar-refractivity contribution is -0.0449.